The lowest BCUT2D eigenvalue weighted by Crippen LogP contribution is -2.23. The molecule has 2 aliphatic rings. The largest absolute Gasteiger partial charge is 0.497 e. The van der Waals surface area contributed by atoms with E-state index in [0.29, 0.717) is 11.7 Å². The van der Waals surface area contributed by atoms with Gasteiger partial charge in [0.05, 0.1) is 7.11 Å². The minimum Gasteiger partial charge on any atom is -0.497 e. The summed E-state index contributed by atoms with van der Waals surface area (Å²) in [6.45, 7) is 2.74. The molecule has 1 aliphatic carbocycles. The number of likely N-dealkylation sites (tertiary alicyclic amines) is 1. The second-order valence-corrected chi connectivity index (χ2v) is 6.62. The molecule has 4 rings (SSSR count). The lowest BCUT2D eigenvalue weighted by Gasteiger charge is -2.16. The molecule has 0 aromatic heterocycles. The molecule has 0 amide bonds. The zero-order valence-electron chi connectivity index (χ0n) is 13.8. The maximum absolute atomic E-state index is 12.8. The van der Waals surface area contributed by atoms with Gasteiger partial charge in [0.2, 0.25) is 0 Å². The maximum atomic E-state index is 12.8. The molecule has 1 saturated heterocycles. The van der Waals surface area contributed by atoms with E-state index >= 15 is 0 Å². The van der Waals surface area contributed by atoms with E-state index in [1.807, 2.05) is 30.3 Å². The average molecular weight is 319 g/mol. The minimum absolute atomic E-state index is 0.116. The molecule has 2 atom stereocenters. The van der Waals surface area contributed by atoms with Crippen LogP contribution in [0.3, 0.4) is 0 Å². The van der Waals surface area contributed by atoms with Crippen molar-refractivity contribution in [2.75, 3.05) is 20.2 Å². The van der Waals surface area contributed by atoms with Gasteiger partial charge in [0.1, 0.15) is 5.75 Å². The number of ketones is 1. The summed E-state index contributed by atoms with van der Waals surface area (Å²) in [5.41, 5.74) is 3.20. The first kappa shape index (κ1) is 15.2. The molecule has 0 spiro atoms. The molecule has 2 aromatic carbocycles. The van der Waals surface area contributed by atoms with Crippen molar-refractivity contribution in [1.82, 2.24) is 4.90 Å². The van der Waals surface area contributed by atoms with E-state index < -0.39 is 0 Å². The van der Waals surface area contributed by atoms with Gasteiger partial charge in [0.15, 0.2) is 5.78 Å². The molecule has 2 aromatic rings. The van der Waals surface area contributed by atoms with Gasteiger partial charge < -0.3 is 4.74 Å². The normalized spacial score (nSPS) is 23.2. The van der Waals surface area contributed by atoms with Gasteiger partial charge in [0.25, 0.3) is 0 Å². The average Bonchev–Trinajstić information content (AvgIpc) is 3.15. The predicted molar refractivity (Wildman–Crippen MR) is 94.7 cm³/mol. The van der Waals surface area contributed by atoms with Gasteiger partial charge >= 0.3 is 0 Å². The monoisotopic (exact) mass is 319 g/mol. The van der Waals surface area contributed by atoms with Gasteiger partial charge in [-0.1, -0.05) is 48.5 Å². The van der Waals surface area contributed by atoms with Crippen molar-refractivity contribution in [1.29, 1.82) is 0 Å². The molecule has 24 heavy (non-hydrogen) atoms. The number of rotatable bonds is 4. The zero-order valence-corrected chi connectivity index (χ0v) is 13.8. The molecule has 0 N–H and O–H groups in total. The number of carbonyl (C=O) groups is 1. The van der Waals surface area contributed by atoms with E-state index in [1.165, 1.54) is 5.56 Å². The maximum Gasteiger partial charge on any atom is 0.168 e. The zero-order chi connectivity index (χ0) is 16.5. The first-order valence-corrected chi connectivity index (χ1v) is 8.41. The number of methoxy groups -OCH3 is 1. The number of ether oxygens (including phenoxy) is 1. The van der Waals surface area contributed by atoms with Crippen LogP contribution in [0, 0.1) is 11.8 Å². The van der Waals surface area contributed by atoms with Crippen LogP contribution in [0.5, 0.6) is 5.75 Å². The molecule has 0 bridgehead atoms. The third kappa shape index (κ3) is 2.76. The number of benzene rings is 2. The van der Waals surface area contributed by atoms with Crippen molar-refractivity contribution < 1.29 is 9.53 Å². The van der Waals surface area contributed by atoms with Crippen LogP contribution < -0.4 is 4.74 Å². The van der Waals surface area contributed by atoms with Gasteiger partial charge in [0, 0.05) is 37.0 Å². The molecule has 122 valence electrons. The molecule has 0 saturated carbocycles. The number of carbonyl (C=O) groups excluding carboxylic acids is 1. The van der Waals surface area contributed by atoms with Crippen LogP contribution in [-0.4, -0.2) is 30.9 Å². The van der Waals surface area contributed by atoms with E-state index in [9.17, 15) is 4.79 Å². The van der Waals surface area contributed by atoms with Gasteiger partial charge in [-0.15, -0.1) is 0 Å². The van der Waals surface area contributed by atoms with Crippen LogP contribution in [-0.2, 0) is 11.3 Å². The summed E-state index contributed by atoms with van der Waals surface area (Å²) in [7, 11) is 1.65. The summed E-state index contributed by atoms with van der Waals surface area (Å²) >= 11 is 0. The summed E-state index contributed by atoms with van der Waals surface area (Å²) in [5.74, 6) is 1.57. The summed E-state index contributed by atoms with van der Waals surface area (Å²) in [5, 5.41) is 0. The Morgan fingerprint density at radius 3 is 2.46 bits per heavy atom. The van der Waals surface area contributed by atoms with Crippen LogP contribution in [0.15, 0.2) is 60.7 Å². The Hall–Kier alpha value is -2.39. The molecule has 1 aliphatic heterocycles. The molecular formula is C21H21NO2. The highest BCUT2D eigenvalue weighted by Gasteiger charge is 2.42. The molecular weight excluding hydrogens is 298 g/mol. The van der Waals surface area contributed by atoms with Crippen molar-refractivity contribution >= 4 is 11.4 Å². The second-order valence-electron chi connectivity index (χ2n) is 6.62. The van der Waals surface area contributed by atoms with Crippen LogP contribution in [0.4, 0.5) is 0 Å². The van der Waals surface area contributed by atoms with E-state index in [-0.39, 0.29) is 5.92 Å². The summed E-state index contributed by atoms with van der Waals surface area (Å²) in [6, 6.07) is 18.3. The highest BCUT2D eigenvalue weighted by molar-refractivity contribution is 6.24. The lowest BCUT2D eigenvalue weighted by molar-refractivity contribution is -0.116. The van der Waals surface area contributed by atoms with Crippen molar-refractivity contribution in [3.8, 4) is 5.75 Å². The highest BCUT2D eigenvalue weighted by Crippen LogP contribution is 2.39. The Balaban J connectivity index is 1.48. The van der Waals surface area contributed by atoms with Crippen molar-refractivity contribution in [3.05, 3.63) is 71.8 Å². The Bertz CT molecular complexity index is 764. The Kier molecular flexibility index (Phi) is 3.95. The van der Waals surface area contributed by atoms with E-state index in [4.69, 9.17) is 4.74 Å². The summed E-state index contributed by atoms with van der Waals surface area (Å²) < 4.78 is 5.19. The van der Waals surface area contributed by atoms with E-state index in [0.717, 1.165) is 36.5 Å². The van der Waals surface area contributed by atoms with Gasteiger partial charge in [-0.25, -0.2) is 0 Å². The summed E-state index contributed by atoms with van der Waals surface area (Å²) in [6.07, 6.45) is 2.18. The van der Waals surface area contributed by atoms with Gasteiger partial charge in [-0.05, 0) is 23.3 Å². The molecule has 0 unspecified atom stereocenters. The van der Waals surface area contributed by atoms with E-state index in [1.54, 1.807) is 7.11 Å². The van der Waals surface area contributed by atoms with Gasteiger partial charge in [-0.3, -0.25) is 9.69 Å². The highest BCUT2D eigenvalue weighted by atomic mass is 16.5. The van der Waals surface area contributed by atoms with Gasteiger partial charge in [-0.2, -0.15) is 0 Å². The van der Waals surface area contributed by atoms with Crippen LogP contribution in [0.25, 0.3) is 5.57 Å². The standard InChI is InChI=1S/C21H21NO2/c1-24-18-9-7-16(8-10-18)19-11-17-13-22(14-20(17)21(19)23)12-15-5-3-2-4-6-15/h2-11,17,20H,12-14H2,1H3/t17-,20+/m0/s1. The quantitative estimate of drug-likeness (QED) is 0.865. The number of nitrogens with zero attached hydrogens (tertiary/aromatic N) is 1. The summed E-state index contributed by atoms with van der Waals surface area (Å²) in [4.78, 5) is 15.2. The van der Waals surface area contributed by atoms with Crippen LogP contribution in [0.1, 0.15) is 11.1 Å². The Labute approximate surface area is 142 Å². The Morgan fingerprint density at radius 1 is 1.04 bits per heavy atom. The topological polar surface area (TPSA) is 29.5 Å². The van der Waals surface area contributed by atoms with Crippen molar-refractivity contribution in [3.63, 3.8) is 0 Å². The number of hydrogen-bond donors (Lipinski definition) is 0. The van der Waals surface area contributed by atoms with Crippen LogP contribution >= 0.6 is 0 Å². The number of allylic oxidation sites excluding steroid dienone is 1. The Morgan fingerprint density at radius 2 is 1.79 bits per heavy atom. The van der Waals surface area contributed by atoms with Crippen molar-refractivity contribution in [2.24, 2.45) is 11.8 Å². The predicted octanol–water partition coefficient (Wildman–Crippen LogP) is 3.41. The molecule has 1 heterocycles. The number of Topliss-reactive ketones (excluding diaryl/α,β-unsaturated/α-hetero) is 1. The first-order valence-electron chi connectivity index (χ1n) is 8.41. The fourth-order valence-electron chi connectivity index (χ4n) is 3.84. The lowest BCUT2D eigenvalue weighted by atomic mass is 9.97. The van der Waals surface area contributed by atoms with E-state index in [2.05, 4.69) is 35.2 Å². The number of fused-ring (bicyclic) bond motifs is 1. The number of hydrogen-bond acceptors (Lipinski definition) is 3. The van der Waals surface area contributed by atoms with Crippen LogP contribution in [0.2, 0.25) is 0 Å². The minimum atomic E-state index is 0.116. The molecule has 1 fully saturated rings. The molecule has 3 heteroatoms. The first-order chi connectivity index (χ1) is 11.7. The van der Waals surface area contributed by atoms with Crippen molar-refractivity contribution in [2.45, 2.75) is 6.54 Å². The fourth-order valence-corrected chi connectivity index (χ4v) is 3.84. The third-order valence-corrected chi connectivity index (χ3v) is 5.07. The fraction of sp³-hybridized carbons (Fsp3) is 0.286. The SMILES string of the molecule is COc1ccc(C2=C[C@H]3CN(Cc4ccccc4)C[C@H]3C2=O)cc1. The molecule has 3 nitrogen and oxygen atoms in total. The third-order valence-electron chi connectivity index (χ3n) is 5.07. The smallest absolute Gasteiger partial charge is 0.168 e. The second kappa shape index (κ2) is 6.25. The molecule has 0 radical (unpaired) electrons.